The van der Waals surface area contributed by atoms with E-state index in [9.17, 15) is 9.59 Å². The Hall–Kier alpha value is -2.24. The average Bonchev–Trinajstić information content (AvgIpc) is 2.30. The van der Waals surface area contributed by atoms with E-state index >= 15 is 0 Å². The lowest BCUT2D eigenvalue weighted by Gasteiger charge is -2.11. The number of rotatable bonds is 4. The molecule has 1 aromatic rings. The molecule has 98 valence electrons. The van der Waals surface area contributed by atoms with Crippen molar-refractivity contribution in [2.45, 2.75) is 13.8 Å². The molecule has 2 amide bonds. The van der Waals surface area contributed by atoms with Gasteiger partial charge in [0.1, 0.15) is 5.75 Å². The molecule has 1 aromatic carbocycles. The number of hydrogen-bond donors (Lipinski definition) is 2. The van der Waals surface area contributed by atoms with Gasteiger partial charge in [0.25, 0.3) is 0 Å². The summed E-state index contributed by atoms with van der Waals surface area (Å²) in [5.41, 5.74) is 1.07. The molecule has 0 heterocycles. The van der Waals surface area contributed by atoms with Crippen LogP contribution in [0.5, 0.6) is 5.75 Å². The minimum Gasteiger partial charge on any atom is -0.494 e. The van der Waals surface area contributed by atoms with Crippen molar-refractivity contribution >= 4 is 23.4 Å². The van der Waals surface area contributed by atoms with Gasteiger partial charge < -0.3 is 14.8 Å². The molecular formula is C12H16N2O4. The van der Waals surface area contributed by atoms with Crippen LogP contribution in [0.3, 0.4) is 0 Å². The maximum absolute atomic E-state index is 11.2. The third kappa shape index (κ3) is 3.97. The van der Waals surface area contributed by atoms with Gasteiger partial charge in [-0.05, 0) is 19.1 Å². The van der Waals surface area contributed by atoms with Crippen molar-refractivity contribution < 1.29 is 19.1 Å². The lowest BCUT2D eigenvalue weighted by molar-refractivity contribution is -0.114. The molecule has 0 unspecified atom stereocenters. The lowest BCUT2D eigenvalue weighted by Crippen LogP contribution is -2.13. The van der Waals surface area contributed by atoms with Crippen LogP contribution in [0, 0.1) is 0 Å². The van der Waals surface area contributed by atoms with Gasteiger partial charge in [-0.2, -0.15) is 0 Å². The van der Waals surface area contributed by atoms with Crippen molar-refractivity contribution in [1.29, 1.82) is 0 Å². The fourth-order valence-corrected chi connectivity index (χ4v) is 1.35. The Balaban J connectivity index is 2.84. The zero-order valence-electron chi connectivity index (χ0n) is 10.6. The molecule has 0 atom stereocenters. The van der Waals surface area contributed by atoms with Crippen molar-refractivity contribution in [2.24, 2.45) is 0 Å². The van der Waals surface area contributed by atoms with Crippen molar-refractivity contribution in [2.75, 3.05) is 24.4 Å². The Morgan fingerprint density at radius 3 is 2.56 bits per heavy atom. The lowest BCUT2D eigenvalue weighted by atomic mass is 10.2. The number of nitrogens with one attached hydrogen (secondary N) is 2. The molecule has 6 heteroatoms. The highest BCUT2D eigenvalue weighted by molar-refractivity contribution is 5.92. The Kier molecular flexibility index (Phi) is 4.98. The zero-order chi connectivity index (χ0) is 13.5. The fourth-order valence-electron chi connectivity index (χ4n) is 1.35. The third-order valence-corrected chi connectivity index (χ3v) is 2.03. The maximum Gasteiger partial charge on any atom is 0.411 e. The second kappa shape index (κ2) is 6.48. The van der Waals surface area contributed by atoms with Crippen LogP contribution in [0.2, 0.25) is 0 Å². The van der Waals surface area contributed by atoms with Gasteiger partial charge in [0.15, 0.2) is 0 Å². The van der Waals surface area contributed by atoms with E-state index in [2.05, 4.69) is 10.6 Å². The van der Waals surface area contributed by atoms with Crippen LogP contribution in [0.15, 0.2) is 18.2 Å². The monoisotopic (exact) mass is 252 g/mol. The van der Waals surface area contributed by atoms with Gasteiger partial charge in [-0.1, -0.05) is 0 Å². The van der Waals surface area contributed by atoms with Crippen molar-refractivity contribution in [3.05, 3.63) is 18.2 Å². The number of anilines is 2. The summed E-state index contributed by atoms with van der Waals surface area (Å²) >= 11 is 0. The number of ether oxygens (including phenoxy) is 2. The molecule has 0 fully saturated rings. The predicted octanol–water partition coefficient (Wildman–Crippen LogP) is 2.22. The van der Waals surface area contributed by atoms with E-state index in [1.165, 1.54) is 14.0 Å². The summed E-state index contributed by atoms with van der Waals surface area (Å²) < 4.78 is 9.88. The normalized spacial score (nSPS) is 9.50. The highest BCUT2D eigenvalue weighted by atomic mass is 16.5. The molecule has 0 saturated carbocycles. The smallest absolute Gasteiger partial charge is 0.411 e. The molecule has 0 bridgehead atoms. The molecule has 0 spiro atoms. The average molecular weight is 252 g/mol. The second-order valence-electron chi connectivity index (χ2n) is 3.44. The summed E-state index contributed by atoms with van der Waals surface area (Å²) in [7, 11) is 1.48. The Morgan fingerprint density at radius 1 is 1.28 bits per heavy atom. The summed E-state index contributed by atoms with van der Waals surface area (Å²) in [6.45, 7) is 3.43. The van der Waals surface area contributed by atoms with Crippen LogP contribution in [0.4, 0.5) is 16.2 Å². The van der Waals surface area contributed by atoms with E-state index in [1.807, 2.05) is 0 Å². The molecule has 0 radical (unpaired) electrons. The standard InChI is InChI=1S/C12H16N2O4/c1-4-18-12(16)14-9-5-6-10(13-8(2)15)11(7-9)17-3/h5-7H,4H2,1-3H3,(H,13,15)(H,14,16). The number of benzene rings is 1. The van der Waals surface area contributed by atoms with E-state index in [4.69, 9.17) is 9.47 Å². The van der Waals surface area contributed by atoms with E-state index in [0.717, 1.165) is 0 Å². The van der Waals surface area contributed by atoms with Gasteiger partial charge in [0, 0.05) is 18.7 Å². The van der Waals surface area contributed by atoms with Gasteiger partial charge in [-0.3, -0.25) is 10.1 Å². The summed E-state index contributed by atoms with van der Waals surface area (Å²) in [6.07, 6.45) is -0.535. The molecule has 0 saturated heterocycles. The van der Waals surface area contributed by atoms with Gasteiger partial charge in [0.2, 0.25) is 5.91 Å². The predicted molar refractivity (Wildman–Crippen MR) is 67.9 cm³/mol. The van der Waals surface area contributed by atoms with E-state index < -0.39 is 6.09 Å². The Bertz CT molecular complexity index is 446. The summed E-state index contributed by atoms with van der Waals surface area (Å²) in [4.78, 5) is 22.2. The van der Waals surface area contributed by atoms with Gasteiger partial charge in [-0.15, -0.1) is 0 Å². The van der Waals surface area contributed by atoms with Gasteiger partial charge >= 0.3 is 6.09 Å². The van der Waals surface area contributed by atoms with E-state index in [-0.39, 0.29) is 5.91 Å². The fraction of sp³-hybridized carbons (Fsp3) is 0.333. The van der Waals surface area contributed by atoms with Crippen LogP contribution in [-0.2, 0) is 9.53 Å². The van der Waals surface area contributed by atoms with Crippen LogP contribution in [-0.4, -0.2) is 25.7 Å². The molecule has 6 nitrogen and oxygen atoms in total. The molecule has 18 heavy (non-hydrogen) atoms. The highest BCUT2D eigenvalue weighted by Crippen LogP contribution is 2.27. The first kappa shape index (κ1) is 13.8. The topological polar surface area (TPSA) is 76.7 Å². The Labute approximate surface area is 105 Å². The number of hydrogen-bond acceptors (Lipinski definition) is 4. The first-order chi connectivity index (χ1) is 8.56. The summed E-state index contributed by atoms with van der Waals surface area (Å²) in [5, 5.41) is 5.17. The van der Waals surface area contributed by atoms with Crippen molar-refractivity contribution in [1.82, 2.24) is 0 Å². The number of carbonyl (C=O) groups is 2. The number of methoxy groups -OCH3 is 1. The summed E-state index contributed by atoms with van der Waals surface area (Å²) in [5.74, 6) is 0.263. The molecule has 0 aromatic heterocycles. The molecular weight excluding hydrogens is 236 g/mol. The van der Waals surface area contributed by atoms with Gasteiger partial charge in [-0.25, -0.2) is 4.79 Å². The quantitative estimate of drug-likeness (QED) is 0.861. The van der Waals surface area contributed by atoms with E-state index in [1.54, 1.807) is 25.1 Å². The molecule has 1 rings (SSSR count). The molecule has 0 aliphatic rings. The first-order valence-electron chi connectivity index (χ1n) is 5.46. The van der Waals surface area contributed by atoms with Crippen LogP contribution in [0.1, 0.15) is 13.8 Å². The van der Waals surface area contributed by atoms with Crippen molar-refractivity contribution in [3.63, 3.8) is 0 Å². The first-order valence-corrected chi connectivity index (χ1v) is 5.46. The Morgan fingerprint density at radius 2 is 2.00 bits per heavy atom. The largest absolute Gasteiger partial charge is 0.494 e. The number of carbonyl (C=O) groups excluding carboxylic acids is 2. The van der Waals surface area contributed by atoms with Crippen LogP contribution < -0.4 is 15.4 Å². The minimum atomic E-state index is -0.535. The SMILES string of the molecule is CCOC(=O)Nc1ccc(NC(C)=O)c(OC)c1. The van der Waals surface area contributed by atoms with Gasteiger partial charge in [0.05, 0.1) is 19.4 Å². The molecule has 0 aliphatic heterocycles. The second-order valence-corrected chi connectivity index (χ2v) is 3.44. The molecule has 2 N–H and O–H groups in total. The minimum absolute atomic E-state index is 0.195. The van der Waals surface area contributed by atoms with Crippen LogP contribution in [0.25, 0.3) is 0 Å². The highest BCUT2D eigenvalue weighted by Gasteiger charge is 2.08. The third-order valence-electron chi connectivity index (χ3n) is 2.03. The van der Waals surface area contributed by atoms with E-state index in [0.29, 0.717) is 23.7 Å². The summed E-state index contributed by atoms with van der Waals surface area (Å²) in [6, 6.07) is 4.88. The molecule has 0 aliphatic carbocycles. The maximum atomic E-state index is 11.2. The number of amides is 2. The zero-order valence-corrected chi connectivity index (χ0v) is 10.6. The van der Waals surface area contributed by atoms with Crippen LogP contribution >= 0.6 is 0 Å². The van der Waals surface area contributed by atoms with Crippen molar-refractivity contribution in [3.8, 4) is 5.75 Å².